The largest absolute Gasteiger partial charge is 0.332 e. The summed E-state index contributed by atoms with van der Waals surface area (Å²) in [5, 5.41) is 0. The van der Waals surface area contributed by atoms with Gasteiger partial charge in [-0.05, 0) is 43.1 Å². The molecule has 0 N–H and O–H groups in total. The first-order valence-corrected chi connectivity index (χ1v) is 11.6. The van der Waals surface area contributed by atoms with Crippen LogP contribution < -0.4 is 11.2 Å². The normalized spacial score (nSPS) is 22.1. The molecule has 3 aromatic rings. The van der Waals surface area contributed by atoms with Crippen LogP contribution >= 0.6 is 0 Å². The second-order valence-corrected chi connectivity index (χ2v) is 8.99. The molecular weight excluding hydrogens is 388 g/mol. The summed E-state index contributed by atoms with van der Waals surface area (Å²) in [4.78, 5) is 31.6. The van der Waals surface area contributed by atoms with Gasteiger partial charge in [-0.1, -0.05) is 56.3 Å². The van der Waals surface area contributed by atoms with E-state index in [1.807, 2.05) is 25.1 Å². The van der Waals surface area contributed by atoms with Gasteiger partial charge in [0.2, 0.25) is 0 Å². The zero-order valence-corrected chi connectivity index (χ0v) is 18.3. The van der Waals surface area contributed by atoms with Gasteiger partial charge >= 0.3 is 5.69 Å². The van der Waals surface area contributed by atoms with Gasteiger partial charge in [-0.15, -0.1) is 0 Å². The minimum absolute atomic E-state index is 0.213. The van der Waals surface area contributed by atoms with Crippen LogP contribution in [0.1, 0.15) is 56.8 Å². The summed E-state index contributed by atoms with van der Waals surface area (Å²) in [5.41, 5.74) is 1.82. The highest BCUT2D eigenvalue weighted by molar-refractivity contribution is 5.71. The fourth-order valence-electron chi connectivity index (χ4n) is 5.46. The zero-order valence-electron chi connectivity index (χ0n) is 18.3. The Labute approximate surface area is 181 Å². The van der Waals surface area contributed by atoms with Crippen molar-refractivity contribution in [2.75, 3.05) is 0 Å². The lowest BCUT2D eigenvalue weighted by molar-refractivity contribution is 0.519. The van der Waals surface area contributed by atoms with Crippen molar-refractivity contribution in [1.29, 1.82) is 0 Å². The number of hydrogen-bond donors (Lipinski definition) is 0. The van der Waals surface area contributed by atoms with Crippen molar-refractivity contribution in [3.8, 4) is 0 Å². The average molecular weight is 419 g/mol. The molecule has 5 rings (SSSR count). The molecule has 2 aliphatic rings. The molecule has 2 aromatic heterocycles. The lowest BCUT2D eigenvalue weighted by Crippen LogP contribution is -2.40. The topological polar surface area (TPSA) is 61.8 Å². The fourth-order valence-corrected chi connectivity index (χ4v) is 5.46. The Balaban J connectivity index is 1.79. The second-order valence-electron chi connectivity index (χ2n) is 8.99. The van der Waals surface area contributed by atoms with E-state index in [0.29, 0.717) is 48.6 Å². The standard InChI is InChI=1S/C25H30N4O2/c1-3-12-27-23-21(24(30)28(13-4-2)25(27)31)26-22(20-15-18-10-11-19(20)14-18)29(23)16-17-8-6-5-7-9-17/h5-11,18-20H,3-4,12-16H2,1-2H3/t18-,19+,20-/m0/s1. The Hall–Kier alpha value is -2.89. The third kappa shape index (κ3) is 3.29. The van der Waals surface area contributed by atoms with Gasteiger partial charge in [-0.2, -0.15) is 0 Å². The van der Waals surface area contributed by atoms with E-state index in [4.69, 9.17) is 4.98 Å². The van der Waals surface area contributed by atoms with Crippen LogP contribution in [0.2, 0.25) is 0 Å². The van der Waals surface area contributed by atoms with Crippen LogP contribution in [0.15, 0.2) is 52.1 Å². The van der Waals surface area contributed by atoms with Crippen LogP contribution in [0.25, 0.3) is 11.2 Å². The molecule has 1 aromatic carbocycles. The Morgan fingerprint density at radius 2 is 1.68 bits per heavy atom. The van der Waals surface area contributed by atoms with Gasteiger partial charge in [0.05, 0.1) is 6.54 Å². The van der Waals surface area contributed by atoms with Crippen LogP contribution in [0.4, 0.5) is 0 Å². The van der Waals surface area contributed by atoms with Gasteiger partial charge < -0.3 is 4.57 Å². The molecule has 2 heterocycles. The lowest BCUT2D eigenvalue weighted by Gasteiger charge is -2.20. The van der Waals surface area contributed by atoms with Crippen molar-refractivity contribution < 1.29 is 0 Å². The first-order chi connectivity index (χ1) is 15.1. The predicted octanol–water partition coefficient (Wildman–Crippen LogP) is 3.91. The lowest BCUT2D eigenvalue weighted by atomic mass is 9.93. The van der Waals surface area contributed by atoms with Gasteiger partial charge in [-0.25, -0.2) is 9.78 Å². The molecule has 0 aliphatic heterocycles. The highest BCUT2D eigenvalue weighted by Gasteiger charge is 2.40. The molecule has 0 saturated heterocycles. The van der Waals surface area contributed by atoms with Crippen molar-refractivity contribution in [3.63, 3.8) is 0 Å². The van der Waals surface area contributed by atoms with Crippen molar-refractivity contribution in [2.24, 2.45) is 11.8 Å². The van der Waals surface area contributed by atoms with Gasteiger partial charge in [0.1, 0.15) is 5.82 Å². The molecule has 1 fully saturated rings. The third-order valence-corrected chi connectivity index (χ3v) is 6.82. The molecule has 2 aliphatic carbocycles. The van der Waals surface area contributed by atoms with E-state index in [2.05, 4.69) is 35.8 Å². The maximum absolute atomic E-state index is 13.3. The smallest absolute Gasteiger partial charge is 0.309 e. The third-order valence-electron chi connectivity index (χ3n) is 6.82. The molecule has 6 heteroatoms. The molecular formula is C25H30N4O2. The van der Waals surface area contributed by atoms with E-state index >= 15 is 0 Å². The van der Waals surface area contributed by atoms with E-state index in [9.17, 15) is 9.59 Å². The average Bonchev–Trinajstić information content (AvgIpc) is 3.50. The molecule has 0 amide bonds. The van der Waals surface area contributed by atoms with Crippen LogP contribution in [0.5, 0.6) is 0 Å². The Kier molecular flexibility index (Phi) is 5.16. The monoisotopic (exact) mass is 418 g/mol. The van der Waals surface area contributed by atoms with Crippen LogP contribution in [-0.2, 0) is 19.6 Å². The first kappa shape index (κ1) is 20.0. The maximum atomic E-state index is 13.3. The van der Waals surface area contributed by atoms with E-state index in [1.54, 1.807) is 4.57 Å². The number of hydrogen-bond acceptors (Lipinski definition) is 3. The molecule has 162 valence electrons. The predicted molar refractivity (Wildman–Crippen MR) is 122 cm³/mol. The number of aryl methyl sites for hydroxylation is 1. The molecule has 6 nitrogen and oxygen atoms in total. The summed E-state index contributed by atoms with van der Waals surface area (Å²) in [6.45, 7) is 5.67. The highest BCUT2D eigenvalue weighted by atomic mass is 16.2. The van der Waals surface area contributed by atoms with Crippen LogP contribution in [0, 0.1) is 11.8 Å². The molecule has 0 unspecified atom stereocenters. The van der Waals surface area contributed by atoms with Gasteiger partial charge in [-0.3, -0.25) is 13.9 Å². The van der Waals surface area contributed by atoms with Gasteiger partial charge in [0.15, 0.2) is 11.2 Å². The first-order valence-electron chi connectivity index (χ1n) is 11.6. The summed E-state index contributed by atoms with van der Waals surface area (Å²) in [5.74, 6) is 2.34. The Morgan fingerprint density at radius 3 is 2.32 bits per heavy atom. The molecule has 1 saturated carbocycles. The summed E-state index contributed by atoms with van der Waals surface area (Å²) < 4.78 is 5.33. The number of fused-ring (bicyclic) bond motifs is 3. The quantitative estimate of drug-likeness (QED) is 0.547. The number of benzene rings is 1. The summed E-state index contributed by atoms with van der Waals surface area (Å²) in [7, 11) is 0. The minimum atomic E-state index is -0.249. The Morgan fingerprint density at radius 1 is 0.935 bits per heavy atom. The Bertz CT molecular complexity index is 1250. The van der Waals surface area contributed by atoms with Crippen molar-refractivity contribution in [3.05, 3.63) is 74.7 Å². The molecule has 31 heavy (non-hydrogen) atoms. The number of imidazole rings is 1. The summed E-state index contributed by atoms with van der Waals surface area (Å²) in [6, 6.07) is 10.3. The molecule has 0 radical (unpaired) electrons. The number of rotatable bonds is 7. The number of allylic oxidation sites excluding steroid dienone is 2. The zero-order chi connectivity index (χ0) is 21.5. The molecule has 0 spiro atoms. The summed E-state index contributed by atoms with van der Waals surface area (Å²) >= 11 is 0. The van der Waals surface area contributed by atoms with E-state index in [0.717, 1.165) is 30.7 Å². The van der Waals surface area contributed by atoms with E-state index in [-0.39, 0.29) is 11.2 Å². The van der Waals surface area contributed by atoms with E-state index < -0.39 is 0 Å². The minimum Gasteiger partial charge on any atom is -0.309 e. The number of aromatic nitrogens is 4. The van der Waals surface area contributed by atoms with Crippen molar-refractivity contribution in [2.45, 2.75) is 65.1 Å². The van der Waals surface area contributed by atoms with Gasteiger partial charge in [0, 0.05) is 19.0 Å². The van der Waals surface area contributed by atoms with Gasteiger partial charge in [0.25, 0.3) is 5.56 Å². The van der Waals surface area contributed by atoms with E-state index in [1.165, 1.54) is 11.0 Å². The summed E-state index contributed by atoms with van der Waals surface area (Å²) in [6.07, 6.45) is 8.44. The molecule has 3 atom stereocenters. The highest BCUT2D eigenvalue weighted by Crippen LogP contribution is 2.48. The van der Waals surface area contributed by atoms with Crippen LogP contribution in [0.3, 0.4) is 0 Å². The SMILES string of the molecule is CCCn1c(=O)c2nc([C@H]3C[C@H]4C=C[C@@H]3C4)n(Cc3ccccc3)c2n(CCC)c1=O. The van der Waals surface area contributed by atoms with Crippen molar-refractivity contribution in [1.82, 2.24) is 18.7 Å². The second kappa shape index (κ2) is 7.98. The van der Waals surface area contributed by atoms with Crippen LogP contribution in [-0.4, -0.2) is 18.7 Å². The van der Waals surface area contributed by atoms with Crippen molar-refractivity contribution >= 4 is 11.2 Å². The number of nitrogens with zero attached hydrogens (tertiary/aromatic N) is 4. The molecule has 2 bridgehead atoms. The fraction of sp³-hybridized carbons (Fsp3) is 0.480. The maximum Gasteiger partial charge on any atom is 0.332 e.